The van der Waals surface area contributed by atoms with Gasteiger partial charge in [-0.15, -0.1) is 11.3 Å². The molecule has 0 fully saturated rings. The molecule has 0 unspecified atom stereocenters. The number of aromatic nitrogens is 1. The van der Waals surface area contributed by atoms with Gasteiger partial charge in [0, 0.05) is 16.8 Å². The minimum Gasteiger partial charge on any atom is -0.493 e. The fraction of sp³-hybridized carbons (Fsp3) is 0.235. The molecule has 1 aliphatic rings. The number of aromatic hydroxyl groups is 1. The van der Waals surface area contributed by atoms with Crippen molar-refractivity contribution in [3.05, 3.63) is 48.7 Å². The molecule has 1 aromatic carbocycles. The van der Waals surface area contributed by atoms with E-state index in [0.717, 1.165) is 10.8 Å². The highest BCUT2D eigenvalue weighted by Crippen LogP contribution is 2.31. The summed E-state index contributed by atoms with van der Waals surface area (Å²) in [5.74, 6) is -0.213. The van der Waals surface area contributed by atoms with Crippen LogP contribution in [0.1, 0.15) is 30.3 Å². The van der Waals surface area contributed by atoms with Gasteiger partial charge in [0.15, 0.2) is 3.95 Å². The van der Waals surface area contributed by atoms with Gasteiger partial charge in [0.25, 0.3) is 5.91 Å². The Bertz CT molecular complexity index is 1010. The van der Waals surface area contributed by atoms with Crippen molar-refractivity contribution in [2.75, 3.05) is 0 Å². The molecule has 2 aromatic rings. The molecule has 0 aliphatic carbocycles. The lowest BCUT2D eigenvalue weighted by Crippen LogP contribution is -2.30. The van der Waals surface area contributed by atoms with Crippen LogP contribution in [0.25, 0.3) is 12.2 Å². The van der Waals surface area contributed by atoms with Gasteiger partial charge in [0.2, 0.25) is 5.88 Å². The molecule has 1 aromatic heterocycles. The van der Waals surface area contributed by atoms with Gasteiger partial charge < -0.3 is 5.11 Å². The van der Waals surface area contributed by atoms with Crippen molar-refractivity contribution in [2.45, 2.75) is 26.8 Å². The van der Waals surface area contributed by atoms with Crippen molar-refractivity contribution in [3.8, 4) is 5.88 Å². The van der Waals surface area contributed by atoms with E-state index in [1.54, 1.807) is 16.7 Å². The number of carbonyl (C=O) groups is 1. The monoisotopic (exact) mass is 344 g/mol. The molecule has 1 N–H and O–H groups in total. The summed E-state index contributed by atoms with van der Waals surface area (Å²) in [5.41, 5.74) is 1.55. The molecule has 0 saturated heterocycles. The third-order valence-electron chi connectivity index (χ3n) is 3.61. The average Bonchev–Trinajstić information content (AvgIpc) is 2.74. The molecule has 1 aliphatic heterocycles. The van der Waals surface area contributed by atoms with E-state index in [9.17, 15) is 9.90 Å². The van der Waals surface area contributed by atoms with Crippen LogP contribution >= 0.6 is 23.6 Å². The van der Waals surface area contributed by atoms with E-state index in [0.29, 0.717) is 19.8 Å². The molecule has 4 nitrogen and oxygen atoms in total. The second-order valence-corrected chi connectivity index (χ2v) is 7.42. The fourth-order valence-corrected chi connectivity index (χ4v) is 4.01. The predicted molar refractivity (Wildman–Crippen MR) is 94.6 cm³/mol. The van der Waals surface area contributed by atoms with E-state index in [1.165, 1.54) is 11.3 Å². The SMILES string of the molecule is Cc1ccc2c(c1)=CC(=Cc1sc(=S)n(C(C)C)c1O)C(=O)N=2. The van der Waals surface area contributed by atoms with E-state index in [4.69, 9.17) is 12.2 Å². The Morgan fingerprint density at radius 1 is 1.39 bits per heavy atom. The number of hydrogen-bond acceptors (Lipinski definition) is 4. The topological polar surface area (TPSA) is 54.6 Å². The number of aryl methyl sites for hydroxylation is 1. The zero-order chi connectivity index (χ0) is 16.7. The zero-order valence-corrected chi connectivity index (χ0v) is 14.7. The van der Waals surface area contributed by atoms with Crippen LogP contribution in [0.3, 0.4) is 0 Å². The lowest BCUT2D eigenvalue weighted by molar-refractivity contribution is -0.114. The Morgan fingerprint density at radius 2 is 2.13 bits per heavy atom. The minimum absolute atomic E-state index is 0.0602. The first kappa shape index (κ1) is 15.8. The Balaban J connectivity index is 2.16. The van der Waals surface area contributed by atoms with Gasteiger partial charge in [-0.25, -0.2) is 4.99 Å². The van der Waals surface area contributed by atoms with Crippen LogP contribution in [0.5, 0.6) is 5.88 Å². The van der Waals surface area contributed by atoms with Crippen molar-refractivity contribution in [1.29, 1.82) is 0 Å². The average molecular weight is 344 g/mol. The minimum atomic E-state index is -0.309. The number of nitrogens with zero attached hydrogens (tertiary/aromatic N) is 2. The lowest BCUT2D eigenvalue weighted by Gasteiger charge is -2.08. The summed E-state index contributed by atoms with van der Waals surface area (Å²) in [5, 5.41) is 11.9. The van der Waals surface area contributed by atoms with Gasteiger partial charge in [-0.3, -0.25) is 9.36 Å². The number of rotatable bonds is 2. The van der Waals surface area contributed by atoms with Gasteiger partial charge in [-0.05, 0) is 57.3 Å². The molecule has 3 rings (SSSR count). The van der Waals surface area contributed by atoms with Crippen LogP contribution in [0.4, 0.5) is 0 Å². The Labute approximate surface area is 142 Å². The van der Waals surface area contributed by atoms with E-state index < -0.39 is 0 Å². The summed E-state index contributed by atoms with van der Waals surface area (Å²) >= 11 is 6.57. The number of benzene rings is 1. The van der Waals surface area contributed by atoms with Gasteiger partial charge in [0.05, 0.1) is 10.2 Å². The van der Waals surface area contributed by atoms with Crippen LogP contribution in [-0.2, 0) is 4.79 Å². The molecule has 0 radical (unpaired) electrons. The summed E-state index contributed by atoms with van der Waals surface area (Å²) in [6.45, 7) is 5.89. The lowest BCUT2D eigenvalue weighted by atomic mass is 10.1. The standard InChI is InChI=1S/C17H16N2O2S2/c1-9(2)19-16(21)14(23-17(19)22)8-12-7-11-6-10(3)4-5-13(11)18-15(12)20/h4-9,21H,1-3H3. The van der Waals surface area contributed by atoms with Crippen molar-refractivity contribution < 1.29 is 9.90 Å². The van der Waals surface area contributed by atoms with E-state index in [2.05, 4.69) is 4.99 Å². The number of carbonyl (C=O) groups excluding carboxylic acids is 1. The van der Waals surface area contributed by atoms with Gasteiger partial charge in [-0.2, -0.15) is 0 Å². The maximum Gasteiger partial charge on any atom is 0.277 e. The molecule has 0 saturated carbocycles. The van der Waals surface area contributed by atoms with Crippen molar-refractivity contribution in [3.63, 3.8) is 0 Å². The third-order valence-corrected chi connectivity index (χ3v) is 4.95. The quantitative estimate of drug-likeness (QED) is 0.673. The molecule has 6 heteroatoms. The van der Waals surface area contributed by atoms with Gasteiger partial charge in [-0.1, -0.05) is 11.6 Å². The summed E-state index contributed by atoms with van der Waals surface area (Å²) < 4.78 is 2.26. The van der Waals surface area contributed by atoms with Gasteiger partial charge in [0.1, 0.15) is 0 Å². The first-order chi connectivity index (χ1) is 10.9. The highest BCUT2D eigenvalue weighted by Gasteiger charge is 2.16. The zero-order valence-electron chi connectivity index (χ0n) is 13.0. The van der Waals surface area contributed by atoms with E-state index in [1.807, 2.05) is 39.0 Å². The smallest absolute Gasteiger partial charge is 0.277 e. The highest BCUT2D eigenvalue weighted by atomic mass is 32.1. The van der Waals surface area contributed by atoms with Crippen molar-refractivity contribution in [2.24, 2.45) is 4.99 Å². The Morgan fingerprint density at radius 3 is 2.78 bits per heavy atom. The molecular weight excluding hydrogens is 328 g/mol. The predicted octanol–water partition coefficient (Wildman–Crippen LogP) is 2.90. The molecule has 0 atom stereocenters. The third kappa shape index (κ3) is 2.92. The fourth-order valence-electron chi connectivity index (χ4n) is 2.48. The molecule has 2 heterocycles. The van der Waals surface area contributed by atoms with Crippen LogP contribution in [0.15, 0.2) is 28.8 Å². The number of amides is 1. The van der Waals surface area contributed by atoms with Crippen molar-refractivity contribution >= 4 is 41.6 Å². The van der Waals surface area contributed by atoms with Crippen LogP contribution < -0.4 is 10.6 Å². The summed E-state index contributed by atoms with van der Waals surface area (Å²) in [6.07, 6.45) is 3.46. The molecule has 23 heavy (non-hydrogen) atoms. The molecule has 1 amide bonds. The maximum atomic E-state index is 12.2. The number of hydrogen-bond donors (Lipinski definition) is 1. The molecule has 0 spiro atoms. The van der Waals surface area contributed by atoms with E-state index >= 15 is 0 Å². The summed E-state index contributed by atoms with van der Waals surface area (Å²) in [7, 11) is 0. The molecular formula is C17H16N2O2S2. The molecule has 118 valence electrons. The van der Waals surface area contributed by atoms with Crippen molar-refractivity contribution in [1.82, 2.24) is 4.57 Å². The number of fused-ring (bicyclic) bond motifs is 1. The largest absolute Gasteiger partial charge is 0.493 e. The first-order valence-electron chi connectivity index (χ1n) is 7.24. The Kier molecular flexibility index (Phi) is 4.04. The summed E-state index contributed by atoms with van der Waals surface area (Å²) in [6, 6.07) is 5.82. The first-order valence-corrected chi connectivity index (χ1v) is 8.46. The maximum absolute atomic E-state index is 12.2. The second kappa shape index (κ2) is 5.86. The number of thiazole rings is 1. The Hall–Kier alpha value is -2.05. The van der Waals surface area contributed by atoms with E-state index in [-0.39, 0.29) is 17.8 Å². The van der Waals surface area contributed by atoms with Gasteiger partial charge >= 0.3 is 0 Å². The van der Waals surface area contributed by atoms with Crippen LogP contribution in [-0.4, -0.2) is 15.6 Å². The highest BCUT2D eigenvalue weighted by molar-refractivity contribution is 7.73. The second-order valence-electron chi connectivity index (χ2n) is 5.74. The van der Waals surface area contributed by atoms with Crippen LogP contribution in [0.2, 0.25) is 0 Å². The normalized spacial score (nSPS) is 15.5. The molecule has 0 bridgehead atoms. The summed E-state index contributed by atoms with van der Waals surface area (Å²) in [4.78, 5) is 16.9. The van der Waals surface area contributed by atoms with Crippen LogP contribution in [0, 0.1) is 10.9 Å².